The van der Waals surface area contributed by atoms with Crippen molar-refractivity contribution < 1.29 is 4.79 Å². The Morgan fingerprint density at radius 3 is 2.81 bits per heavy atom. The summed E-state index contributed by atoms with van der Waals surface area (Å²) in [5, 5.41) is 9.43. The Morgan fingerprint density at radius 2 is 2.00 bits per heavy atom. The standard InChI is InChI=1S/C16H15N3OS/c1-10-5-4-6-11(9-10)17-16(21)19-14-12-7-2-3-8-13(12)18-15(14)20/h2-9,14H,1H3,(H,18,20)(H2,17,19,21). The number of anilines is 2. The average molecular weight is 297 g/mol. The second-order valence-corrected chi connectivity index (χ2v) is 5.39. The van der Waals surface area contributed by atoms with Gasteiger partial charge < -0.3 is 16.0 Å². The number of nitrogens with one attached hydrogen (secondary N) is 3. The highest BCUT2D eigenvalue weighted by Crippen LogP contribution is 2.30. The molecule has 106 valence electrons. The average Bonchev–Trinajstić information content (AvgIpc) is 2.75. The maximum atomic E-state index is 12.0. The topological polar surface area (TPSA) is 53.2 Å². The monoisotopic (exact) mass is 297 g/mol. The Balaban J connectivity index is 1.72. The van der Waals surface area contributed by atoms with E-state index in [9.17, 15) is 4.79 Å². The molecule has 0 aromatic heterocycles. The Bertz CT molecular complexity index is 714. The van der Waals surface area contributed by atoms with E-state index in [0.717, 1.165) is 22.5 Å². The number of thiocarbonyl (C=S) groups is 1. The van der Waals surface area contributed by atoms with Crippen LogP contribution in [-0.2, 0) is 4.79 Å². The Kier molecular flexibility index (Phi) is 3.58. The van der Waals surface area contributed by atoms with Gasteiger partial charge in [0.1, 0.15) is 6.04 Å². The predicted molar refractivity (Wildman–Crippen MR) is 88.3 cm³/mol. The first-order valence-corrected chi connectivity index (χ1v) is 7.08. The number of fused-ring (bicyclic) bond motifs is 1. The van der Waals surface area contributed by atoms with Crippen LogP contribution in [0.2, 0.25) is 0 Å². The molecule has 2 aromatic carbocycles. The van der Waals surface area contributed by atoms with Crippen molar-refractivity contribution in [2.45, 2.75) is 13.0 Å². The molecule has 5 heteroatoms. The number of rotatable bonds is 2. The van der Waals surface area contributed by atoms with Crippen LogP contribution in [0.3, 0.4) is 0 Å². The van der Waals surface area contributed by atoms with E-state index in [-0.39, 0.29) is 5.91 Å². The summed E-state index contributed by atoms with van der Waals surface area (Å²) < 4.78 is 0. The van der Waals surface area contributed by atoms with Crippen molar-refractivity contribution in [3.05, 3.63) is 59.7 Å². The minimum absolute atomic E-state index is 0.0930. The number of benzene rings is 2. The summed E-state index contributed by atoms with van der Waals surface area (Å²) in [7, 11) is 0. The maximum absolute atomic E-state index is 12.0. The molecule has 0 fully saturated rings. The van der Waals surface area contributed by atoms with Gasteiger partial charge in [0, 0.05) is 16.9 Å². The van der Waals surface area contributed by atoms with Gasteiger partial charge in [0.15, 0.2) is 5.11 Å². The largest absolute Gasteiger partial charge is 0.347 e. The van der Waals surface area contributed by atoms with Crippen LogP contribution in [0, 0.1) is 6.92 Å². The number of amides is 1. The second kappa shape index (κ2) is 5.54. The fraction of sp³-hybridized carbons (Fsp3) is 0.125. The molecule has 1 aliphatic rings. The quantitative estimate of drug-likeness (QED) is 0.746. The highest BCUT2D eigenvalue weighted by Gasteiger charge is 2.30. The summed E-state index contributed by atoms with van der Waals surface area (Å²) in [5.74, 6) is -0.0930. The van der Waals surface area contributed by atoms with E-state index >= 15 is 0 Å². The number of para-hydroxylation sites is 1. The maximum Gasteiger partial charge on any atom is 0.251 e. The van der Waals surface area contributed by atoms with Gasteiger partial charge in [-0.05, 0) is 42.9 Å². The molecule has 21 heavy (non-hydrogen) atoms. The lowest BCUT2D eigenvalue weighted by Gasteiger charge is -2.15. The minimum Gasteiger partial charge on any atom is -0.347 e. The third kappa shape index (κ3) is 2.87. The third-order valence-electron chi connectivity index (χ3n) is 3.34. The summed E-state index contributed by atoms with van der Waals surface area (Å²) in [4.78, 5) is 12.0. The van der Waals surface area contributed by atoms with E-state index in [1.54, 1.807) is 0 Å². The van der Waals surface area contributed by atoms with Crippen molar-refractivity contribution in [1.29, 1.82) is 0 Å². The molecule has 0 saturated carbocycles. The fourth-order valence-corrected chi connectivity index (χ4v) is 2.61. The fourth-order valence-electron chi connectivity index (χ4n) is 2.37. The molecule has 0 spiro atoms. The smallest absolute Gasteiger partial charge is 0.251 e. The van der Waals surface area contributed by atoms with Crippen molar-refractivity contribution in [3.8, 4) is 0 Å². The summed E-state index contributed by atoms with van der Waals surface area (Å²) in [6, 6.07) is 15.0. The SMILES string of the molecule is Cc1cccc(NC(=S)NC2C(=O)Nc3ccccc32)c1. The van der Waals surface area contributed by atoms with Crippen LogP contribution in [0.4, 0.5) is 11.4 Å². The summed E-state index contributed by atoms with van der Waals surface area (Å²) in [6.45, 7) is 2.02. The molecule has 3 N–H and O–H groups in total. The molecular weight excluding hydrogens is 282 g/mol. The van der Waals surface area contributed by atoms with Crippen molar-refractivity contribution in [3.63, 3.8) is 0 Å². The lowest BCUT2D eigenvalue weighted by atomic mass is 10.1. The van der Waals surface area contributed by atoms with Gasteiger partial charge in [-0.1, -0.05) is 30.3 Å². The normalized spacial score (nSPS) is 16.0. The zero-order valence-corrected chi connectivity index (χ0v) is 12.3. The lowest BCUT2D eigenvalue weighted by molar-refractivity contribution is -0.117. The first-order valence-electron chi connectivity index (χ1n) is 6.67. The molecule has 2 aromatic rings. The van der Waals surface area contributed by atoms with Crippen molar-refractivity contribution in [2.75, 3.05) is 10.6 Å². The number of hydrogen-bond donors (Lipinski definition) is 3. The first kappa shape index (κ1) is 13.6. The van der Waals surface area contributed by atoms with Crippen molar-refractivity contribution in [2.24, 2.45) is 0 Å². The molecule has 0 radical (unpaired) electrons. The molecule has 3 rings (SSSR count). The van der Waals surface area contributed by atoms with Gasteiger partial charge >= 0.3 is 0 Å². The second-order valence-electron chi connectivity index (χ2n) is 4.98. The summed E-state index contributed by atoms with van der Waals surface area (Å²) >= 11 is 5.30. The molecule has 1 aliphatic heterocycles. The van der Waals surface area contributed by atoms with Crippen molar-refractivity contribution in [1.82, 2.24) is 5.32 Å². The van der Waals surface area contributed by atoms with Crippen LogP contribution in [0.5, 0.6) is 0 Å². The van der Waals surface area contributed by atoms with Crippen LogP contribution in [0.25, 0.3) is 0 Å². The highest BCUT2D eigenvalue weighted by molar-refractivity contribution is 7.80. The number of hydrogen-bond acceptors (Lipinski definition) is 2. The molecule has 1 heterocycles. The van der Waals surface area contributed by atoms with Crippen molar-refractivity contribution >= 4 is 34.6 Å². The van der Waals surface area contributed by atoms with Gasteiger partial charge in [0.2, 0.25) is 0 Å². The van der Waals surface area contributed by atoms with E-state index in [4.69, 9.17) is 12.2 Å². The predicted octanol–water partition coefficient (Wildman–Crippen LogP) is 2.97. The van der Waals surface area contributed by atoms with Gasteiger partial charge in [0.05, 0.1) is 0 Å². The molecule has 0 saturated heterocycles. The van der Waals surface area contributed by atoms with Crippen LogP contribution in [-0.4, -0.2) is 11.0 Å². The first-order chi connectivity index (χ1) is 10.1. The molecule has 1 atom stereocenters. The molecular formula is C16H15N3OS. The lowest BCUT2D eigenvalue weighted by Crippen LogP contribution is -2.35. The van der Waals surface area contributed by atoms with Gasteiger partial charge in [-0.25, -0.2) is 0 Å². The van der Waals surface area contributed by atoms with E-state index < -0.39 is 6.04 Å². The zero-order chi connectivity index (χ0) is 14.8. The number of carbonyl (C=O) groups is 1. The third-order valence-corrected chi connectivity index (χ3v) is 3.56. The minimum atomic E-state index is -0.453. The highest BCUT2D eigenvalue weighted by atomic mass is 32.1. The zero-order valence-electron chi connectivity index (χ0n) is 11.5. The molecule has 4 nitrogen and oxygen atoms in total. The molecule has 1 amide bonds. The number of carbonyl (C=O) groups excluding carboxylic acids is 1. The van der Waals surface area contributed by atoms with Crippen LogP contribution >= 0.6 is 12.2 Å². The van der Waals surface area contributed by atoms with Crippen LogP contribution in [0.1, 0.15) is 17.2 Å². The summed E-state index contributed by atoms with van der Waals surface area (Å²) in [5.41, 5.74) is 3.79. The molecule has 1 unspecified atom stereocenters. The number of aryl methyl sites for hydroxylation is 1. The van der Waals surface area contributed by atoms with Gasteiger partial charge in [-0.3, -0.25) is 4.79 Å². The van der Waals surface area contributed by atoms with Crippen LogP contribution < -0.4 is 16.0 Å². The van der Waals surface area contributed by atoms with E-state index in [2.05, 4.69) is 16.0 Å². The van der Waals surface area contributed by atoms with Crippen LogP contribution in [0.15, 0.2) is 48.5 Å². The van der Waals surface area contributed by atoms with E-state index in [1.807, 2.05) is 55.5 Å². The van der Waals surface area contributed by atoms with Gasteiger partial charge in [-0.15, -0.1) is 0 Å². The van der Waals surface area contributed by atoms with Gasteiger partial charge in [-0.2, -0.15) is 0 Å². The molecule has 0 bridgehead atoms. The van der Waals surface area contributed by atoms with Gasteiger partial charge in [0.25, 0.3) is 5.91 Å². The van der Waals surface area contributed by atoms with E-state index in [0.29, 0.717) is 5.11 Å². The Morgan fingerprint density at radius 1 is 1.19 bits per heavy atom. The van der Waals surface area contributed by atoms with E-state index in [1.165, 1.54) is 0 Å². The Hall–Kier alpha value is -2.40. The molecule has 0 aliphatic carbocycles. The summed E-state index contributed by atoms with van der Waals surface area (Å²) in [6.07, 6.45) is 0. The Labute approximate surface area is 128 Å².